The van der Waals surface area contributed by atoms with Crippen LogP contribution in [0.3, 0.4) is 0 Å². The second-order valence-electron chi connectivity index (χ2n) is 8.02. The molecule has 176 valence electrons. The first-order valence-corrected chi connectivity index (χ1v) is 11.2. The van der Waals surface area contributed by atoms with Crippen LogP contribution >= 0.6 is 23.2 Å². The van der Waals surface area contributed by atoms with Gasteiger partial charge in [-0.25, -0.2) is 14.4 Å². The lowest BCUT2D eigenvalue weighted by Gasteiger charge is -2.23. The predicted octanol–water partition coefficient (Wildman–Crippen LogP) is 6.29. The van der Waals surface area contributed by atoms with E-state index in [1.165, 1.54) is 18.3 Å². The van der Waals surface area contributed by atoms with Crippen LogP contribution in [0.25, 0.3) is 22.4 Å². The number of pyridine rings is 1. The Morgan fingerprint density at radius 1 is 1.24 bits per heavy atom. The Balaban J connectivity index is 1.96. The van der Waals surface area contributed by atoms with E-state index in [4.69, 9.17) is 33.7 Å². The van der Waals surface area contributed by atoms with E-state index in [0.717, 1.165) is 0 Å². The summed E-state index contributed by atoms with van der Waals surface area (Å²) in [7, 11) is 0. The second kappa shape index (κ2) is 9.12. The van der Waals surface area contributed by atoms with E-state index >= 15 is 4.39 Å². The third kappa shape index (κ3) is 4.15. The molecule has 0 aliphatic rings. The fourth-order valence-electron chi connectivity index (χ4n) is 3.77. The average molecular weight is 502 g/mol. The summed E-state index contributed by atoms with van der Waals surface area (Å²) in [5, 5.41) is 9.72. The second-order valence-corrected chi connectivity index (χ2v) is 8.79. The number of nitrogen functional groups attached to an aromatic ring is 1. The highest BCUT2D eigenvalue weighted by Crippen LogP contribution is 2.44. The Morgan fingerprint density at radius 2 is 1.97 bits per heavy atom. The monoisotopic (exact) mass is 501 g/mol. The summed E-state index contributed by atoms with van der Waals surface area (Å²) in [4.78, 5) is 12.7. The Morgan fingerprint density at radius 3 is 2.59 bits per heavy atom. The number of imidazole rings is 1. The predicted molar refractivity (Wildman–Crippen MR) is 132 cm³/mol. The molecule has 3 N–H and O–H groups in total. The fraction of sp³-hybridized carbons (Fsp3) is 0.208. The summed E-state index contributed by atoms with van der Waals surface area (Å²) in [6, 6.07) is 4.69. The summed E-state index contributed by atoms with van der Waals surface area (Å²) in [5.74, 6) is -0.158. The van der Waals surface area contributed by atoms with Gasteiger partial charge in [-0.2, -0.15) is 0 Å². The molecule has 0 saturated heterocycles. The molecule has 0 saturated carbocycles. The van der Waals surface area contributed by atoms with Gasteiger partial charge in [-0.05, 0) is 26.0 Å². The number of ether oxygens (including phenoxy) is 1. The summed E-state index contributed by atoms with van der Waals surface area (Å²) >= 11 is 12.7. The third-order valence-corrected chi connectivity index (χ3v) is 5.86. The lowest BCUT2D eigenvalue weighted by molar-refractivity contribution is 0.239. The summed E-state index contributed by atoms with van der Waals surface area (Å²) in [5.41, 5.74) is 7.93. The number of halogens is 3. The molecule has 4 rings (SSSR count). The van der Waals surface area contributed by atoms with Crippen LogP contribution in [0.15, 0.2) is 43.4 Å². The molecule has 0 fully saturated rings. The maximum absolute atomic E-state index is 15.4. The van der Waals surface area contributed by atoms with Gasteiger partial charge in [0.2, 0.25) is 0 Å². The smallest absolute Gasteiger partial charge is 0.158 e. The number of nitrogens with zero attached hydrogens (tertiary/aromatic N) is 4. The summed E-state index contributed by atoms with van der Waals surface area (Å²) in [6.45, 7) is 9.03. The Labute approximate surface area is 205 Å². The zero-order valence-corrected chi connectivity index (χ0v) is 20.2. The van der Waals surface area contributed by atoms with Crippen molar-refractivity contribution >= 4 is 40.3 Å². The molecule has 10 heteroatoms. The zero-order valence-electron chi connectivity index (χ0n) is 18.7. The highest BCUT2D eigenvalue weighted by Gasteiger charge is 2.28. The number of rotatable bonds is 6. The largest absolute Gasteiger partial charge is 0.506 e. The molecular weight excluding hydrogens is 480 g/mol. The first kappa shape index (κ1) is 23.8. The number of nitrogens with two attached hydrogens (primary N) is 1. The van der Waals surface area contributed by atoms with Crippen molar-refractivity contribution in [3.63, 3.8) is 0 Å². The molecule has 0 radical (unpaired) electrons. The number of anilines is 1. The van der Waals surface area contributed by atoms with Crippen molar-refractivity contribution < 1.29 is 14.2 Å². The number of hydrogen-bond acceptors (Lipinski definition) is 6. The van der Waals surface area contributed by atoms with Gasteiger partial charge in [-0.3, -0.25) is 9.38 Å². The average Bonchev–Trinajstić information content (AvgIpc) is 3.13. The number of aromatic nitrogens is 4. The van der Waals surface area contributed by atoms with E-state index in [9.17, 15) is 5.11 Å². The van der Waals surface area contributed by atoms with Gasteiger partial charge in [-0.15, -0.1) is 0 Å². The van der Waals surface area contributed by atoms with Crippen LogP contribution in [-0.4, -0.2) is 30.6 Å². The molecule has 0 bridgehead atoms. The minimum atomic E-state index is -0.648. The molecule has 0 amide bonds. The SMILES string of the molecule is C=C(O)c1ccc(-c2c(F)c(Cl)cc([C@@H](C)c3nc(Cl)c4c(N)nccn34)c2OC(C)C)cn1. The van der Waals surface area contributed by atoms with Crippen LogP contribution in [0.4, 0.5) is 10.2 Å². The zero-order chi connectivity index (χ0) is 24.7. The lowest BCUT2D eigenvalue weighted by atomic mass is 9.93. The van der Waals surface area contributed by atoms with Gasteiger partial charge in [-0.1, -0.05) is 42.8 Å². The first-order valence-electron chi connectivity index (χ1n) is 10.4. The minimum Gasteiger partial charge on any atom is -0.506 e. The summed E-state index contributed by atoms with van der Waals surface area (Å²) in [6.07, 6.45) is 4.42. The molecule has 0 unspecified atom stereocenters. The van der Waals surface area contributed by atoms with Gasteiger partial charge < -0.3 is 15.6 Å². The number of benzene rings is 1. The third-order valence-electron chi connectivity index (χ3n) is 5.32. The standard InChI is InChI=1S/C24H22Cl2FN5O2/c1-11(2)34-21-15(12(3)24-31-22(26)20-23(28)29-7-8-32(20)24)9-16(25)19(27)18(21)14-5-6-17(13(4)33)30-10-14/h5-12,33H,4H2,1-3H3,(H2,28,29)/t12-/m1/s1. The topological polar surface area (TPSA) is 98.6 Å². The van der Waals surface area contributed by atoms with Crippen molar-refractivity contribution in [1.29, 1.82) is 0 Å². The van der Waals surface area contributed by atoms with E-state index in [-0.39, 0.29) is 39.1 Å². The van der Waals surface area contributed by atoms with Crippen LogP contribution in [0, 0.1) is 5.82 Å². The summed E-state index contributed by atoms with van der Waals surface area (Å²) < 4.78 is 23.3. The molecule has 3 heterocycles. The number of hydrogen-bond donors (Lipinski definition) is 2. The van der Waals surface area contributed by atoms with E-state index in [2.05, 4.69) is 21.5 Å². The van der Waals surface area contributed by atoms with Crippen LogP contribution in [-0.2, 0) is 0 Å². The maximum Gasteiger partial charge on any atom is 0.158 e. The van der Waals surface area contributed by atoms with Crippen LogP contribution < -0.4 is 10.5 Å². The van der Waals surface area contributed by atoms with Crippen LogP contribution in [0.1, 0.15) is 43.8 Å². The normalized spacial score (nSPS) is 12.3. The van der Waals surface area contributed by atoms with Gasteiger partial charge in [0.1, 0.15) is 28.5 Å². The molecular formula is C24H22Cl2FN5O2. The lowest BCUT2D eigenvalue weighted by Crippen LogP contribution is -2.13. The maximum atomic E-state index is 15.4. The van der Waals surface area contributed by atoms with Gasteiger partial charge >= 0.3 is 0 Å². The van der Waals surface area contributed by atoms with Crippen molar-refractivity contribution in [2.45, 2.75) is 32.8 Å². The number of aliphatic hydroxyl groups is 1. The van der Waals surface area contributed by atoms with E-state index < -0.39 is 11.7 Å². The molecule has 0 spiro atoms. The van der Waals surface area contributed by atoms with Crippen molar-refractivity contribution in [2.24, 2.45) is 0 Å². The molecule has 3 aromatic heterocycles. The number of fused-ring (bicyclic) bond motifs is 1. The molecule has 1 atom stereocenters. The molecule has 0 aliphatic carbocycles. The fourth-order valence-corrected chi connectivity index (χ4v) is 4.26. The molecule has 0 aliphatic heterocycles. The van der Waals surface area contributed by atoms with E-state index in [1.807, 2.05) is 20.8 Å². The van der Waals surface area contributed by atoms with Crippen molar-refractivity contribution in [3.05, 3.63) is 76.4 Å². The first-order chi connectivity index (χ1) is 16.1. The van der Waals surface area contributed by atoms with Gasteiger partial charge in [0.15, 0.2) is 16.8 Å². The molecule has 4 aromatic rings. The van der Waals surface area contributed by atoms with E-state index in [0.29, 0.717) is 28.2 Å². The highest BCUT2D eigenvalue weighted by atomic mass is 35.5. The Hall–Kier alpha value is -3.36. The van der Waals surface area contributed by atoms with Gasteiger partial charge in [0.25, 0.3) is 0 Å². The molecule has 7 nitrogen and oxygen atoms in total. The van der Waals surface area contributed by atoms with Crippen molar-refractivity contribution in [1.82, 2.24) is 19.4 Å². The number of aliphatic hydroxyl groups excluding tert-OH is 1. The Kier molecular flexibility index (Phi) is 6.38. The van der Waals surface area contributed by atoms with Crippen molar-refractivity contribution in [2.75, 3.05) is 5.73 Å². The van der Waals surface area contributed by atoms with Crippen LogP contribution in [0.5, 0.6) is 5.75 Å². The van der Waals surface area contributed by atoms with E-state index in [1.54, 1.807) is 22.9 Å². The highest BCUT2D eigenvalue weighted by molar-refractivity contribution is 6.33. The minimum absolute atomic E-state index is 0.0864. The van der Waals surface area contributed by atoms with Gasteiger partial charge in [0, 0.05) is 35.6 Å². The Bertz CT molecular complexity index is 1400. The van der Waals surface area contributed by atoms with Crippen LogP contribution in [0.2, 0.25) is 10.2 Å². The molecule has 34 heavy (non-hydrogen) atoms. The molecule has 1 aromatic carbocycles. The van der Waals surface area contributed by atoms with Gasteiger partial charge in [0.05, 0.1) is 16.7 Å². The quantitative estimate of drug-likeness (QED) is 0.301. The van der Waals surface area contributed by atoms with Crippen molar-refractivity contribution in [3.8, 4) is 16.9 Å².